The summed E-state index contributed by atoms with van der Waals surface area (Å²) in [6, 6.07) is 73.3. The molecule has 272 valence electrons. The average Bonchev–Trinajstić information content (AvgIpc) is 3.96. The molecule has 0 amide bonds. The van der Waals surface area contributed by atoms with Crippen LogP contribution in [0.2, 0.25) is 0 Å². The smallest absolute Gasteiger partial charge is 0.137 e. The maximum absolute atomic E-state index is 6.45. The van der Waals surface area contributed by atoms with Crippen LogP contribution < -0.4 is 4.90 Å². The number of para-hydroxylation sites is 4. The van der Waals surface area contributed by atoms with E-state index in [-0.39, 0.29) is 0 Å². The van der Waals surface area contributed by atoms with Gasteiger partial charge >= 0.3 is 0 Å². The van der Waals surface area contributed by atoms with E-state index in [9.17, 15) is 0 Å². The van der Waals surface area contributed by atoms with Crippen molar-refractivity contribution in [2.45, 2.75) is 0 Å². The molecule has 3 heterocycles. The minimum atomic E-state index is 0.845. The highest BCUT2D eigenvalue weighted by Crippen LogP contribution is 2.46. The molecule has 4 nitrogen and oxygen atoms in total. The lowest BCUT2D eigenvalue weighted by Gasteiger charge is -2.26. The van der Waals surface area contributed by atoms with Gasteiger partial charge in [0.25, 0.3) is 0 Å². The summed E-state index contributed by atoms with van der Waals surface area (Å²) in [5, 5.41) is 6.82. The predicted octanol–water partition coefficient (Wildman–Crippen LogP) is 15.4. The quantitative estimate of drug-likeness (QED) is 0.170. The van der Waals surface area contributed by atoms with Crippen molar-refractivity contribution in [3.63, 3.8) is 0 Å². The van der Waals surface area contributed by atoms with Gasteiger partial charge in [-0.1, -0.05) is 133 Å². The molecule has 0 saturated carbocycles. The van der Waals surface area contributed by atoms with Gasteiger partial charge in [-0.05, 0) is 83.4 Å². The van der Waals surface area contributed by atoms with Crippen LogP contribution in [0.15, 0.2) is 215 Å². The molecule has 0 aliphatic heterocycles. The third-order valence-corrected chi connectivity index (χ3v) is 11.6. The average molecular weight is 743 g/mol. The Morgan fingerprint density at radius 1 is 0.362 bits per heavy atom. The summed E-state index contributed by atoms with van der Waals surface area (Å²) >= 11 is 0. The lowest BCUT2D eigenvalue weighted by atomic mass is 9.92. The molecule has 0 bridgehead atoms. The number of hydrogen-bond donors (Lipinski definition) is 0. The molecule has 12 rings (SSSR count). The Morgan fingerprint density at radius 2 is 0.931 bits per heavy atom. The number of fused-ring (bicyclic) bond motifs is 9. The number of rotatable bonds is 6. The van der Waals surface area contributed by atoms with Crippen LogP contribution in [0.3, 0.4) is 0 Å². The second-order valence-electron chi connectivity index (χ2n) is 14.8. The van der Waals surface area contributed by atoms with Crippen LogP contribution in [0.4, 0.5) is 17.1 Å². The molecule has 9 aromatic carbocycles. The Hall–Kier alpha value is -7.82. The molecule has 0 spiro atoms. The summed E-state index contributed by atoms with van der Waals surface area (Å²) in [7, 11) is 0. The molecule has 0 unspecified atom stereocenters. The van der Waals surface area contributed by atoms with Gasteiger partial charge in [-0.3, -0.25) is 0 Å². The van der Waals surface area contributed by atoms with Crippen LogP contribution in [-0.4, -0.2) is 4.57 Å². The van der Waals surface area contributed by atoms with Crippen LogP contribution in [0.5, 0.6) is 0 Å². The van der Waals surface area contributed by atoms with E-state index in [1.54, 1.807) is 0 Å². The van der Waals surface area contributed by atoms with Gasteiger partial charge in [-0.25, -0.2) is 0 Å². The largest absolute Gasteiger partial charge is 0.456 e. The number of aromatic nitrogens is 1. The molecule has 3 aromatic heterocycles. The topological polar surface area (TPSA) is 34.5 Å². The molecule has 58 heavy (non-hydrogen) atoms. The van der Waals surface area contributed by atoms with Crippen molar-refractivity contribution in [2.75, 3.05) is 4.90 Å². The highest BCUT2D eigenvalue weighted by atomic mass is 16.3. The number of nitrogens with zero attached hydrogens (tertiary/aromatic N) is 2. The normalized spacial score (nSPS) is 11.8. The molecule has 0 aliphatic carbocycles. The summed E-state index contributed by atoms with van der Waals surface area (Å²) in [5.41, 5.74) is 14.6. The molecule has 0 aliphatic rings. The van der Waals surface area contributed by atoms with E-state index in [4.69, 9.17) is 8.83 Å². The second kappa shape index (κ2) is 12.9. The van der Waals surface area contributed by atoms with Crippen molar-refractivity contribution in [3.05, 3.63) is 206 Å². The lowest BCUT2D eigenvalue weighted by molar-refractivity contribution is 0.669. The molecule has 0 fully saturated rings. The van der Waals surface area contributed by atoms with Gasteiger partial charge in [0.1, 0.15) is 22.3 Å². The zero-order valence-corrected chi connectivity index (χ0v) is 31.3. The van der Waals surface area contributed by atoms with Crippen molar-refractivity contribution >= 4 is 82.7 Å². The van der Waals surface area contributed by atoms with Gasteiger partial charge in [-0.15, -0.1) is 0 Å². The number of benzene rings is 9. The molecular weight excluding hydrogens is 709 g/mol. The molecule has 0 atom stereocenters. The number of hydrogen-bond acceptors (Lipinski definition) is 3. The highest BCUT2D eigenvalue weighted by molar-refractivity contribution is 6.14. The Morgan fingerprint density at radius 3 is 1.69 bits per heavy atom. The lowest BCUT2D eigenvalue weighted by Crippen LogP contribution is -2.10. The standard InChI is InChI=1S/C54H34N2O2/c1-2-14-35(15-3-1)39-20-12-23-47(56-45-21-8-4-16-40(45)41-17-5-9-22-46(41)56)53(39)36-28-30-37(31-29-36)55(38-32-33-43-42-18-6-10-25-49(42)58-52(43)34-38)48-24-13-27-51-54(48)44-19-7-11-26-50(44)57-51/h1-34H. The van der Waals surface area contributed by atoms with Gasteiger partial charge in [0.05, 0.1) is 27.8 Å². The van der Waals surface area contributed by atoms with Crippen LogP contribution in [0, 0.1) is 0 Å². The second-order valence-corrected chi connectivity index (χ2v) is 14.8. The third kappa shape index (κ3) is 4.95. The molecule has 0 radical (unpaired) electrons. The SMILES string of the molecule is c1ccc(-c2cccc(-n3c4ccccc4c4ccccc43)c2-c2ccc(N(c3ccc4c(c3)oc3ccccc34)c3cccc4oc5ccccc5c34)cc2)cc1. The van der Waals surface area contributed by atoms with Crippen molar-refractivity contribution < 1.29 is 8.83 Å². The van der Waals surface area contributed by atoms with Crippen molar-refractivity contribution in [2.24, 2.45) is 0 Å². The van der Waals surface area contributed by atoms with E-state index in [0.717, 1.165) is 72.2 Å². The van der Waals surface area contributed by atoms with Crippen molar-refractivity contribution in [1.82, 2.24) is 4.57 Å². The Kier molecular flexibility index (Phi) is 7.20. The van der Waals surface area contributed by atoms with Crippen LogP contribution >= 0.6 is 0 Å². The van der Waals surface area contributed by atoms with E-state index < -0.39 is 0 Å². The summed E-state index contributed by atoms with van der Waals surface area (Å²) in [5.74, 6) is 0. The van der Waals surface area contributed by atoms with E-state index in [2.05, 4.69) is 191 Å². The van der Waals surface area contributed by atoms with Gasteiger partial charge in [-0.2, -0.15) is 0 Å². The Bertz CT molecular complexity index is 3460. The Balaban J connectivity index is 1.09. The molecule has 12 aromatic rings. The van der Waals surface area contributed by atoms with Crippen LogP contribution in [-0.2, 0) is 0 Å². The van der Waals surface area contributed by atoms with Gasteiger partial charge in [0.15, 0.2) is 0 Å². The molecular formula is C54H34N2O2. The van der Waals surface area contributed by atoms with Gasteiger partial charge < -0.3 is 18.3 Å². The fourth-order valence-electron chi connectivity index (χ4n) is 9.07. The summed E-state index contributed by atoms with van der Waals surface area (Å²) < 4.78 is 15.3. The number of anilines is 3. The van der Waals surface area contributed by atoms with Crippen LogP contribution in [0.25, 0.3) is 93.6 Å². The van der Waals surface area contributed by atoms with Crippen molar-refractivity contribution in [3.8, 4) is 27.9 Å². The first-order chi connectivity index (χ1) is 28.8. The maximum Gasteiger partial charge on any atom is 0.137 e. The maximum atomic E-state index is 6.45. The fourth-order valence-corrected chi connectivity index (χ4v) is 9.07. The summed E-state index contributed by atoms with van der Waals surface area (Å²) in [6.45, 7) is 0. The van der Waals surface area contributed by atoms with E-state index in [1.807, 2.05) is 24.3 Å². The van der Waals surface area contributed by atoms with E-state index in [0.29, 0.717) is 0 Å². The highest BCUT2D eigenvalue weighted by Gasteiger charge is 2.23. The third-order valence-electron chi connectivity index (χ3n) is 11.6. The first kappa shape index (κ1) is 32.4. The van der Waals surface area contributed by atoms with E-state index >= 15 is 0 Å². The first-order valence-corrected chi connectivity index (χ1v) is 19.7. The zero-order valence-electron chi connectivity index (χ0n) is 31.3. The van der Waals surface area contributed by atoms with Gasteiger partial charge in [0, 0.05) is 49.9 Å². The summed E-state index contributed by atoms with van der Waals surface area (Å²) in [4.78, 5) is 2.33. The minimum absolute atomic E-state index is 0.845. The molecule has 0 saturated heterocycles. The fraction of sp³-hybridized carbons (Fsp3) is 0. The van der Waals surface area contributed by atoms with Crippen LogP contribution in [0.1, 0.15) is 0 Å². The molecule has 0 N–H and O–H groups in total. The summed E-state index contributed by atoms with van der Waals surface area (Å²) in [6.07, 6.45) is 0. The zero-order chi connectivity index (χ0) is 38.2. The molecule has 4 heteroatoms. The first-order valence-electron chi connectivity index (χ1n) is 19.7. The van der Waals surface area contributed by atoms with Gasteiger partial charge in [0.2, 0.25) is 0 Å². The Labute approximate surface area is 334 Å². The minimum Gasteiger partial charge on any atom is -0.456 e. The monoisotopic (exact) mass is 742 g/mol. The van der Waals surface area contributed by atoms with E-state index in [1.165, 1.54) is 38.5 Å². The number of furan rings is 2. The van der Waals surface area contributed by atoms with Crippen molar-refractivity contribution in [1.29, 1.82) is 0 Å². The predicted molar refractivity (Wildman–Crippen MR) is 241 cm³/mol.